The lowest BCUT2D eigenvalue weighted by Gasteiger charge is -2.24. The van der Waals surface area contributed by atoms with E-state index in [0.29, 0.717) is 6.04 Å². The number of hydrogen-bond acceptors (Lipinski definition) is 3. The zero-order valence-corrected chi connectivity index (χ0v) is 11.6. The van der Waals surface area contributed by atoms with Gasteiger partial charge in [-0.1, -0.05) is 0 Å². The molecule has 0 fully saturated rings. The van der Waals surface area contributed by atoms with E-state index in [9.17, 15) is 0 Å². The number of aryl methyl sites for hydroxylation is 2. The molecule has 0 spiro atoms. The predicted molar refractivity (Wildman–Crippen MR) is 71.3 cm³/mol. The predicted octanol–water partition coefficient (Wildman–Crippen LogP) is 2.61. The number of rotatable bonds is 5. The van der Waals surface area contributed by atoms with Crippen LogP contribution in [0.5, 0.6) is 0 Å². The molecule has 0 N–H and O–H groups in total. The van der Waals surface area contributed by atoms with E-state index < -0.39 is 0 Å². The number of nitrogens with zero attached hydrogens (tertiary/aromatic N) is 3. The monoisotopic (exact) mass is 247 g/mol. The van der Waals surface area contributed by atoms with Crippen LogP contribution in [0.15, 0.2) is 29.1 Å². The van der Waals surface area contributed by atoms with Crippen molar-refractivity contribution in [1.82, 2.24) is 14.7 Å². The van der Waals surface area contributed by atoms with Gasteiger partial charge in [0.25, 0.3) is 0 Å². The molecule has 0 bridgehead atoms. The Morgan fingerprint density at radius 3 is 2.78 bits per heavy atom. The Hall–Kier alpha value is -1.55. The van der Waals surface area contributed by atoms with Crippen molar-refractivity contribution in [1.29, 1.82) is 0 Å². The fraction of sp³-hybridized carbons (Fsp3) is 0.500. The molecule has 2 rings (SSSR count). The average molecular weight is 247 g/mol. The Kier molecular flexibility index (Phi) is 3.87. The molecule has 4 heteroatoms. The summed E-state index contributed by atoms with van der Waals surface area (Å²) in [6.45, 7) is 8.16. The lowest BCUT2D eigenvalue weighted by molar-refractivity contribution is 0.220. The minimum atomic E-state index is 0.429. The maximum Gasteiger partial charge on any atom is 0.0947 e. The van der Waals surface area contributed by atoms with Crippen molar-refractivity contribution >= 4 is 0 Å². The average Bonchev–Trinajstić information content (AvgIpc) is 2.89. The second-order valence-electron chi connectivity index (χ2n) is 5.00. The second kappa shape index (κ2) is 5.40. The molecule has 0 aliphatic heterocycles. The van der Waals surface area contributed by atoms with Gasteiger partial charge < -0.3 is 4.42 Å². The molecule has 2 aromatic rings. The first-order valence-corrected chi connectivity index (χ1v) is 6.28. The zero-order chi connectivity index (χ0) is 13.1. The highest BCUT2D eigenvalue weighted by atomic mass is 16.3. The third-order valence-electron chi connectivity index (χ3n) is 3.31. The summed E-state index contributed by atoms with van der Waals surface area (Å²) in [5.41, 5.74) is 3.51. The normalized spacial score (nSPS) is 13.2. The summed E-state index contributed by atoms with van der Waals surface area (Å²) < 4.78 is 7.17. The minimum absolute atomic E-state index is 0.429. The molecule has 0 radical (unpaired) electrons. The molecule has 1 unspecified atom stereocenters. The van der Waals surface area contributed by atoms with E-state index in [2.05, 4.69) is 41.6 Å². The lowest BCUT2D eigenvalue weighted by Crippen LogP contribution is -2.32. The van der Waals surface area contributed by atoms with Crippen LogP contribution in [-0.2, 0) is 13.1 Å². The highest BCUT2D eigenvalue weighted by molar-refractivity contribution is 5.07. The summed E-state index contributed by atoms with van der Waals surface area (Å²) in [7, 11) is 2.13. The van der Waals surface area contributed by atoms with Crippen LogP contribution < -0.4 is 0 Å². The van der Waals surface area contributed by atoms with E-state index in [1.165, 1.54) is 11.3 Å². The molecule has 0 saturated carbocycles. The third-order valence-corrected chi connectivity index (χ3v) is 3.31. The minimum Gasteiger partial charge on any atom is -0.472 e. The number of furan rings is 1. The van der Waals surface area contributed by atoms with Crippen LogP contribution >= 0.6 is 0 Å². The van der Waals surface area contributed by atoms with Crippen LogP contribution in [0.25, 0.3) is 0 Å². The van der Waals surface area contributed by atoms with Crippen molar-refractivity contribution in [2.75, 3.05) is 7.05 Å². The van der Waals surface area contributed by atoms with E-state index in [-0.39, 0.29) is 0 Å². The molecular formula is C14H21N3O. The Balaban J connectivity index is 1.95. The first-order valence-electron chi connectivity index (χ1n) is 6.28. The Morgan fingerprint density at radius 1 is 1.44 bits per heavy atom. The van der Waals surface area contributed by atoms with Gasteiger partial charge in [-0.25, -0.2) is 0 Å². The molecule has 2 heterocycles. The Labute approximate surface area is 108 Å². The molecule has 4 nitrogen and oxygen atoms in total. The standard InChI is InChI=1S/C14H21N3O/c1-11-7-12(2)17(15-11)8-13(3)16(4)9-14-5-6-18-10-14/h5-7,10,13H,8-9H2,1-4H3. The SMILES string of the molecule is Cc1cc(C)n(CC(C)N(C)Cc2ccoc2)n1. The Morgan fingerprint density at radius 2 is 2.22 bits per heavy atom. The molecule has 0 aliphatic carbocycles. The smallest absolute Gasteiger partial charge is 0.0947 e. The van der Waals surface area contributed by atoms with Crippen LogP contribution in [0.1, 0.15) is 23.9 Å². The fourth-order valence-electron chi connectivity index (χ4n) is 2.08. The number of hydrogen-bond donors (Lipinski definition) is 0. The molecule has 1 atom stereocenters. The van der Waals surface area contributed by atoms with Crippen molar-refractivity contribution in [3.8, 4) is 0 Å². The lowest BCUT2D eigenvalue weighted by atomic mass is 10.2. The van der Waals surface area contributed by atoms with Crippen molar-refractivity contribution in [3.05, 3.63) is 41.6 Å². The fourth-order valence-corrected chi connectivity index (χ4v) is 2.08. The van der Waals surface area contributed by atoms with Gasteiger partial charge >= 0.3 is 0 Å². The van der Waals surface area contributed by atoms with Gasteiger partial charge in [0.2, 0.25) is 0 Å². The highest BCUT2D eigenvalue weighted by Crippen LogP contribution is 2.10. The first kappa shape index (κ1) is 12.9. The topological polar surface area (TPSA) is 34.2 Å². The van der Waals surface area contributed by atoms with E-state index in [1.807, 2.05) is 13.0 Å². The van der Waals surface area contributed by atoms with Gasteiger partial charge in [-0.3, -0.25) is 9.58 Å². The molecule has 0 aliphatic rings. The van der Waals surface area contributed by atoms with E-state index in [4.69, 9.17) is 4.42 Å². The van der Waals surface area contributed by atoms with Crippen LogP contribution in [0.4, 0.5) is 0 Å². The molecule has 18 heavy (non-hydrogen) atoms. The van der Waals surface area contributed by atoms with Gasteiger partial charge in [0, 0.05) is 23.8 Å². The van der Waals surface area contributed by atoms with Gasteiger partial charge in [-0.2, -0.15) is 5.10 Å². The summed E-state index contributed by atoms with van der Waals surface area (Å²) >= 11 is 0. The summed E-state index contributed by atoms with van der Waals surface area (Å²) in [4.78, 5) is 2.31. The molecular weight excluding hydrogens is 226 g/mol. The van der Waals surface area contributed by atoms with Crippen LogP contribution in [0, 0.1) is 13.8 Å². The van der Waals surface area contributed by atoms with Gasteiger partial charge in [-0.05, 0) is 40.0 Å². The molecule has 2 aromatic heterocycles. The summed E-state index contributed by atoms with van der Waals surface area (Å²) in [5.74, 6) is 0. The van der Waals surface area contributed by atoms with Crippen LogP contribution in [0.2, 0.25) is 0 Å². The molecule has 0 amide bonds. The maximum absolute atomic E-state index is 5.09. The van der Waals surface area contributed by atoms with Crippen molar-refractivity contribution in [3.63, 3.8) is 0 Å². The molecule has 0 aromatic carbocycles. The Bertz CT molecular complexity index is 487. The van der Waals surface area contributed by atoms with Crippen molar-refractivity contribution < 1.29 is 4.42 Å². The summed E-state index contributed by atoms with van der Waals surface area (Å²) in [6.07, 6.45) is 3.52. The maximum atomic E-state index is 5.09. The first-order chi connectivity index (χ1) is 8.56. The van der Waals surface area contributed by atoms with Crippen LogP contribution in [0.3, 0.4) is 0 Å². The third kappa shape index (κ3) is 3.01. The number of likely N-dealkylation sites (N-methyl/N-ethyl adjacent to an activating group) is 1. The van der Waals surface area contributed by atoms with E-state index in [1.54, 1.807) is 12.5 Å². The molecule has 0 saturated heterocycles. The largest absolute Gasteiger partial charge is 0.472 e. The second-order valence-corrected chi connectivity index (χ2v) is 5.00. The van der Waals surface area contributed by atoms with E-state index in [0.717, 1.165) is 18.8 Å². The van der Waals surface area contributed by atoms with E-state index >= 15 is 0 Å². The van der Waals surface area contributed by atoms with Gasteiger partial charge in [0.15, 0.2) is 0 Å². The van der Waals surface area contributed by atoms with Gasteiger partial charge in [0.1, 0.15) is 0 Å². The van der Waals surface area contributed by atoms with Gasteiger partial charge in [0.05, 0.1) is 24.8 Å². The van der Waals surface area contributed by atoms with Crippen molar-refractivity contribution in [2.45, 2.75) is 39.9 Å². The summed E-state index contributed by atoms with van der Waals surface area (Å²) in [6, 6.07) is 4.55. The van der Waals surface area contributed by atoms with Gasteiger partial charge in [-0.15, -0.1) is 0 Å². The summed E-state index contributed by atoms with van der Waals surface area (Å²) in [5, 5.41) is 4.50. The quantitative estimate of drug-likeness (QED) is 0.814. The zero-order valence-electron chi connectivity index (χ0n) is 11.6. The number of aromatic nitrogens is 2. The molecule has 98 valence electrons. The van der Waals surface area contributed by atoms with Crippen molar-refractivity contribution in [2.24, 2.45) is 0 Å². The highest BCUT2D eigenvalue weighted by Gasteiger charge is 2.12. The van der Waals surface area contributed by atoms with Crippen LogP contribution in [-0.4, -0.2) is 27.8 Å².